The summed E-state index contributed by atoms with van der Waals surface area (Å²) in [6.07, 6.45) is 2.69. The van der Waals surface area contributed by atoms with Gasteiger partial charge in [0, 0.05) is 5.56 Å². The number of hydrogen-bond donors (Lipinski definition) is 3. The Balaban J connectivity index is 1.44. The third-order valence-corrected chi connectivity index (χ3v) is 6.33. The number of nitrogens with zero attached hydrogens (tertiary/aromatic N) is 4. The van der Waals surface area contributed by atoms with E-state index in [1.165, 1.54) is 6.33 Å². The second-order valence-electron chi connectivity index (χ2n) is 8.71. The summed E-state index contributed by atoms with van der Waals surface area (Å²) in [6.45, 7) is 3.55. The fourth-order valence-corrected chi connectivity index (χ4v) is 4.44. The molecule has 4 aromatic rings. The molecule has 0 spiro atoms. The van der Waals surface area contributed by atoms with Gasteiger partial charge in [0.25, 0.3) is 5.91 Å². The minimum atomic E-state index is -0.696. The highest BCUT2D eigenvalue weighted by atomic mass is 16.5. The van der Waals surface area contributed by atoms with Crippen LogP contribution in [-0.2, 0) is 4.79 Å². The predicted octanol–water partition coefficient (Wildman–Crippen LogP) is 3.41. The Kier molecular flexibility index (Phi) is 6.68. The number of amides is 1. The molecule has 10 heteroatoms. The molecule has 10 nitrogen and oxygen atoms in total. The summed E-state index contributed by atoms with van der Waals surface area (Å²) in [6, 6.07) is 14.9. The fraction of sp³-hybridized carbons (Fsp3) is 0.308. The Hall–Kier alpha value is -4.18. The molecule has 1 aliphatic heterocycles. The maximum absolute atomic E-state index is 12.8. The van der Waals surface area contributed by atoms with Crippen molar-refractivity contribution in [2.45, 2.75) is 31.9 Å². The molecule has 1 amide bonds. The fourth-order valence-electron chi connectivity index (χ4n) is 4.44. The highest BCUT2D eigenvalue weighted by molar-refractivity contribution is 6.00. The van der Waals surface area contributed by atoms with E-state index in [2.05, 4.69) is 20.6 Å². The highest BCUT2D eigenvalue weighted by Crippen LogP contribution is 2.37. The molecule has 0 radical (unpaired) electrons. The van der Waals surface area contributed by atoms with E-state index in [9.17, 15) is 4.79 Å². The number of methoxy groups -OCH3 is 1. The van der Waals surface area contributed by atoms with Crippen LogP contribution in [0, 0.1) is 0 Å². The van der Waals surface area contributed by atoms with Gasteiger partial charge in [0.1, 0.15) is 29.3 Å². The lowest BCUT2D eigenvalue weighted by Gasteiger charge is -2.23. The van der Waals surface area contributed by atoms with Crippen LogP contribution in [0.25, 0.3) is 22.3 Å². The van der Waals surface area contributed by atoms with E-state index in [1.54, 1.807) is 20.1 Å². The van der Waals surface area contributed by atoms with Gasteiger partial charge in [-0.15, -0.1) is 0 Å². The van der Waals surface area contributed by atoms with Crippen molar-refractivity contribution in [3.63, 3.8) is 0 Å². The molecule has 0 aliphatic carbocycles. The van der Waals surface area contributed by atoms with Crippen molar-refractivity contribution in [2.24, 2.45) is 0 Å². The van der Waals surface area contributed by atoms with E-state index in [-0.39, 0.29) is 11.9 Å². The van der Waals surface area contributed by atoms with Gasteiger partial charge in [-0.3, -0.25) is 4.79 Å². The van der Waals surface area contributed by atoms with Gasteiger partial charge in [-0.25, -0.2) is 14.6 Å². The van der Waals surface area contributed by atoms with Crippen LogP contribution in [0.1, 0.15) is 25.8 Å². The summed E-state index contributed by atoms with van der Waals surface area (Å²) in [5, 5.41) is 11.9. The summed E-state index contributed by atoms with van der Waals surface area (Å²) in [4.78, 5) is 21.5. The van der Waals surface area contributed by atoms with E-state index >= 15 is 0 Å². The molecule has 0 saturated carbocycles. The first-order valence-electron chi connectivity index (χ1n) is 12.0. The molecule has 5 rings (SSSR count). The molecule has 3 heterocycles. The van der Waals surface area contributed by atoms with E-state index in [0.29, 0.717) is 39.7 Å². The van der Waals surface area contributed by atoms with Crippen molar-refractivity contribution in [3.05, 3.63) is 54.9 Å². The molecular formula is C26H29N7O3. The summed E-state index contributed by atoms with van der Waals surface area (Å²) in [5.74, 6) is 1.20. The number of aromatic nitrogens is 4. The minimum Gasteiger partial charge on any atom is -0.495 e. The van der Waals surface area contributed by atoms with E-state index in [0.717, 1.165) is 31.5 Å². The molecule has 1 fully saturated rings. The molecule has 0 bridgehead atoms. The van der Waals surface area contributed by atoms with Crippen LogP contribution < -0.4 is 25.8 Å². The van der Waals surface area contributed by atoms with E-state index < -0.39 is 6.10 Å². The van der Waals surface area contributed by atoms with Gasteiger partial charge < -0.3 is 25.8 Å². The summed E-state index contributed by atoms with van der Waals surface area (Å²) in [7, 11) is 1.56. The first-order valence-corrected chi connectivity index (χ1v) is 12.0. The number of nitrogens with two attached hydrogens (primary N) is 1. The first-order chi connectivity index (χ1) is 17.5. The Labute approximate surface area is 208 Å². The van der Waals surface area contributed by atoms with Gasteiger partial charge in [0.15, 0.2) is 11.8 Å². The van der Waals surface area contributed by atoms with E-state index in [4.69, 9.17) is 20.3 Å². The number of benzene rings is 2. The normalized spacial score (nSPS) is 14.9. The predicted molar refractivity (Wildman–Crippen MR) is 138 cm³/mol. The van der Waals surface area contributed by atoms with Gasteiger partial charge in [0.05, 0.1) is 24.2 Å². The number of para-hydroxylation sites is 1. The lowest BCUT2D eigenvalue weighted by atomic mass is 10.1. The Morgan fingerprint density at radius 2 is 1.94 bits per heavy atom. The smallest absolute Gasteiger partial charge is 0.265 e. The Morgan fingerprint density at radius 3 is 2.69 bits per heavy atom. The molecule has 1 aliphatic rings. The van der Waals surface area contributed by atoms with Gasteiger partial charge in [-0.2, -0.15) is 5.10 Å². The summed E-state index contributed by atoms with van der Waals surface area (Å²) in [5.41, 5.74) is 8.99. The molecule has 1 unspecified atom stereocenters. The summed E-state index contributed by atoms with van der Waals surface area (Å²) >= 11 is 0. The largest absolute Gasteiger partial charge is 0.495 e. The molecule has 1 saturated heterocycles. The maximum Gasteiger partial charge on any atom is 0.265 e. The monoisotopic (exact) mass is 487 g/mol. The topological polar surface area (TPSA) is 129 Å². The van der Waals surface area contributed by atoms with Crippen LogP contribution in [0.15, 0.2) is 54.9 Å². The van der Waals surface area contributed by atoms with Gasteiger partial charge in [0.2, 0.25) is 0 Å². The zero-order valence-electron chi connectivity index (χ0n) is 20.3. The van der Waals surface area contributed by atoms with Crippen LogP contribution in [0.3, 0.4) is 0 Å². The molecular weight excluding hydrogens is 458 g/mol. The minimum absolute atomic E-state index is 0.225. The number of piperidine rings is 1. The van der Waals surface area contributed by atoms with Gasteiger partial charge in [-0.1, -0.05) is 24.3 Å². The number of ether oxygens (including phenoxy) is 2. The molecule has 36 heavy (non-hydrogen) atoms. The SMILES string of the molecule is COc1cc(-c2nn(C3CCNCC3)c3ncnc(N)c23)ccc1NC(=O)C(C)Oc1ccccc1. The number of nitrogen functional groups attached to an aromatic ring is 1. The number of anilines is 2. The lowest BCUT2D eigenvalue weighted by molar-refractivity contribution is -0.122. The average molecular weight is 488 g/mol. The van der Waals surface area contributed by atoms with Crippen LogP contribution in [-0.4, -0.2) is 52.0 Å². The van der Waals surface area contributed by atoms with E-state index in [1.807, 2.05) is 47.1 Å². The van der Waals surface area contributed by atoms with Crippen molar-refractivity contribution in [1.82, 2.24) is 25.1 Å². The quantitative estimate of drug-likeness (QED) is 0.362. The third kappa shape index (κ3) is 4.67. The zero-order valence-corrected chi connectivity index (χ0v) is 20.3. The second-order valence-corrected chi connectivity index (χ2v) is 8.71. The second kappa shape index (κ2) is 10.2. The average Bonchev–Trinajstić information content (AvgIpc) is 3.31. The number of nitrogens with one attached hydrogen (secondary N) is 2. The number of fused-ring (bicyclic) bond motifs is 1. The maximum atomic E-state index is 12.8. The van der Waals surface area contributed by atoms with Crippen LogP contribution in [0.2, 0.25) is 0 Å². The lowest BCUT2D eigenvalue weighted by Crippen LogP contribution is -2.30. The van der Waals surface area contributed by atoms with Crippen molar-refractivity contribution in [2.75, 3.05) is 31.2 Å². The third-order valence-electron chi connectivity index (χ3n) is 6.33. The summed E-state index contributed by atoms with van der Waals surface area (Å²) < 4.78 is 13.3. The van der Waals surface area contributed by atoms with Gasteiger partial charge >= 0.3 is 0 Å². The Bertz CT molecular complexity index is 1370. The molecule has 2 aromatic carbocycles. The standard InChI is InChI=1S/C26H29N7O3/c1-16(36-19-6-4-3-5-7-19)26(34)31-20-9-8-17(14-21(20)35-2)23-22-24(27)29-15-30-25(22)33(32-23)18-10-12-28-13-11-18/h3-9,14-16,18,28H,10-13H2,1-2H3,(H,31,34)(H2,27,29,30). The van der Waals surface area contributed by atoms with Crippen LogP contribution in [0.4, 0.5) is 11.5 Å². The number of hydrogen-bond acceptors (Lipinski definition) is 8. The highest BCUT2D eigenvalue weighted by Gasteiger charge is 2.24. The number of rotatable bonds is 7. The molecule has 4 N–H and O–H groups in total. The first kappa shape index (κ1) is 23.6. The Morgan fingerprint density at radius 1 is 1.17 bits per heavy atom. The number of carbonyl (C=O) groups is 1. The number of carbonyl (C=O) groups excluding carboxylic acids is 1. The van der Waals surface area contributed by atoms with Crippen LogP contribution >= 0.6 is 0 Å². The van der Waals surface area contributed by atoms with Gasteiger partial charge in [-0.05, 0) is 57.1 Å². The van der Waals surface area contributed by atoms with Crippen molar-refractivity contribution in [3.8, 4) is 22.8 Å². The van der Waals surface area contributed by atoms with Crippen molar-refractivity contribution in [1.29, 1.82) is 0 Å². The van der Waals surface area contributed by atoms with Crippen molar-refractivity contribution >= 4 is 28.4 Å². The molecule has 2 aromatic heterocycles. The van der Waals surface area contributed by atoms with Crippen LogP contribution in [0.5, 0.6) is 11.5 Å². The zero-order chi connectivity index (χ0) is 25.1. The molecule has 1 atom stereocenters. The van der Waals surface area contributed by atoms with Crippen molar-refractivity contribution < 1.29 is 14.3 Å². The molecule has 186 valence electrons.